The summed E-state index contributed by atoms with van der Waals surface area (Å²) in [6.07, 6.45) is 2.47. The lowest BCUT2D eigenvalue weighted by atomic mass is 10.1. The first-order valence-electron chi connectivity index (χ1n) is 7.75. The predicted molar refractivity (Wildman–Crippen MR) is 96.2 cm³/mol. The third-order valence-corrected chi connectivity index (χ3v) is 4.09. The van der Waals surface area contributed by atoms with Gasteiger partial charge in [0.2, 0.25) is 0 Å². The third kappa shape index (κ3) is 4.93. The van der Waals surface area contributed by atoms with Gasteiger partial charge in [0.05, 0.1) is 12.3 Å². The topological polar surface area (TPSA) is 101 Å². The van der Waals surface area contributed by atoms with Gasteiger partial charge in [-0.1, -0.05) is 18.2 Å². The number of carbonyl (C=O) groups excluding carboxylic acids is 1. The Kier molecular flexibility index (Phi) is 5.97. The van der Waals surface area contributed by atoms with E-state index in [1.807, 2.05) is 31.2 Å². The highest BCUT2D eigenvalue weighted by Gasteiger charge is 2.18. The van der Waals surface area contributed by atoms with E-state index in [4.69, 9.17) is 4.74 Å². The molecule has 0 bridgehead atoms. The number of rotatable bonds is 7. The molecule has 0 spiro atoms. The van der Waals surface area contributed by atoms with Gasteiger partial charge in [-0.25, -0.2) is 8.42 Å². The highest BCUT2D eigenvalue weighted by atomic mass is 32.2. The van der Waals surface area contributed by atoms with Gasteiger partial charge in [0.25, 0.3) is 5.91 Å². The first-order valence-corrected chi connectivity index (χ1v) is 9.71. The van der Waals surface area contributed by atoms with E-state index in [9.17, 15) is 13.2 Å². The molecule has 1 heterocycles. The van der Waals surface area contributed by atoms with E-state index in [2.05, 4.69) is 15.5 Å². The average Bonchev–Trinajstić information content (AvgIpc) is 2.93. The molecule has 8 heteroatoms. The van der Waals surface area contributed by atoms with Gasteiger partial charge in [-0.3, -0.25) is 9.89 Å². The van der Waals surface area contributed by atoms with Crippen LogP contribution in [0.4, 0.5) is 0 Å². The van der Waals surface area contributed by atoms with Crippen LogP contribution >= 0.6 is 0 Å². The molecule has 0 radical (unpaired) electrons. The molecule has 2 aromatic rings. The molecule has 0 aliphatic rings. The number of ether oxygens (including phenoxy) is 1. The summed E-state index contributed by atoms with van der Waals surface area (Å²) in [4.78, 5) is 12.2. The van der Waals surface area contributed by atoms with Crippen LogP contribution in [0.25, 0.3) is 11.3 Å². The van der Waals surface area contributed by atoms with Gasteiger partial charge in [-0.05, 0) is 26.0 Å². The highest BCUT2D eigenvalue weighted by molar-refractivity contribution is 7.93. The number of carbonyl (C=O) groups is 1. The number of H-pyrrole nitrogens is 1. The Morgan fingerprint density at radius 1 is 1.36 bits per heavy atom. The number of para-hydroxylation sites is 1. The van der Waals surface area contributed by atoms with Crippen molar-refractivity contribution in [2.45, 2.75) is 13.8 Å². The first kappa shape index (κ1) is 18.7. The van der Waals surface area contributed by atoms with E-state index in [0.717, 1.165) is 17.2 Å². The van der Waals surface area contributed by atoms with Crippen molar-refractivity contribution >= 4 is 15.7 Å². The first-order chi connectivity index (χ1) is 11.8. The van der Waals surface area contributed by atoms with E-state index in [-0.39, 0.29) is 12.5 Å². The van der Waals surface area contributed by atoms with Gasteiger partial charge < -0.3 is 10.1 Å². The number of aromatic nitrogens is 2. The van der Waals surface area contributed by atoms with Crippen LogP contribution in [0.2, 0.25) is 0 Å². The highest BCUT2D eigenvalue weighted by Crippen LogP contribution is 2.31. The van der Waals surface area contributed by atoms with Crippen LogP contribution < -0.4 is 10.1 Å². The van der Waals surface area contributed by atoms with Gasteiger partial charge in [0, 0.05) is 29.3 Å². The van der Waals surface area contributed by atoms with Crippen LogP contribution in [0, 0.1) is 6.92 Å². The Balaban J connectivity index is 2.18. The molecule has 0 saturated heterocycles. The summed E-state index contributed by atoms with van der Waals surface area (Å²) in [5.41, 5.74) is 2.46. The Hall–Kier alpha value is -2.61. The minimum Gasteiger partial charge on any atom is -0.493 e. The van der Waals surface area contributed by atoms with Crippen LogP contribution in [0.3, 0.4) is 0 Å². The monoisotopic (exact) mass is 363 g/mol. The summed E-state index contributed by atoms with van der Waals surface area (Å²) in [6, 6.07) is 7.48. The maximum Gasteiger partial charge on any atom is 0.269 e. The maximum absolute atomic E-state index is 12.2. The van der Waals surface area contributed by atoms with E-state index in [1.54, 1.807) is 6.92 Å². The minimum atomic E-state index is -3.20. The fourth-order valence-electron chi connectivity index (χ4n) is 2.29. The Morgan fingerprint density at radius 2 is 2.08 bits per heavy atom. The largest absolute Gasteiger partial charge is 0.493 e. The molecule has 1 aromatic heterocycles. The molecular weight excluding hydrogens is 342 g/mol. The van der Waals surface area contributed by atoms with Crippen molar-refractivity contribution in [1.82, 2.24) is 15.5 Å². The molecule has 1 aromatic carbocycles. The van der Waals surface area contributed by atoms with Gasteiger partial charge >= 0.3 is 0 Å². The zero-order valence-corrected chi connectivity index (χ0v) is 15.2. The maximum atomic E-state index is 12.2. The number of hydrogen-bond donors (Lipinski definition) is 2. The summed E-state index contributed by atoms with van der Waals surface area (Å²) >= 11 is 0. The third-order valence-electron chi connectivity index (χ3n) is 3.40. The van der Waals surface area contributed by atoms with Crippen molar-refractivity contribution < 1.29 is 17.9 Å². The molecule has 2 N–H and O–H groups in total. The van der Waals surface area contributed by atoms with Crippen LogP contribution in [0.15, 0.2) is 35.7 Å². The minimum absolute atomic E-state index is 0.106. The normalized spacial score (nSPS) is 11.6. The van der Waals surface area contributed by atoms with Gasteiger partial charge in [-0.2, -0.15) is 5.10 Å². The van der Waals surface area contributed by atoms with Crippen LogP contribution in [0.1, 0.15) is 23.0 Å². The van der Waals surface area contributed by atoms with E-state index in [1.165, 1.54) is 6.08 Å². The summed E-state index contributed by atoms with van der Waals surface area (Å²) in [7, 11) is -3.20. The predicted octanol–water partition coefficient (Wildman–Crippen LogP) is 2.07. The molecule has 0 saturated carbocycles. The average molecular weight is 363 g/mol. The quantitative estimate of drug-likeness (QED) is 0.784. The number of sulfone groups is 1. The Morgan fingerprint density at radius 3 is 2.76 bits per heavy atom. The zero-order valence-electron chi connectivity index (χ0n) is 14.4. The smallest absolute Gasteiger partial charge is 0.269 e. The van der Waals surface area contributed by atoms with E-state index in [0.29, 0.717) is 29.3 Å². The molecular formula is C17H21N3O4S. The fourth-order valence-corrected chi connectivity index (χ4v) is 2.73. The van der Waals surface area contributed by atoms with Crippen LogP contribution in [0.5, 0.6) is 5.75 Å². The molecule has 7 nitrogen and oxygen atoms in total. The Bertz CT molecular complexity index is 885. The molecule has 25 heavy (non-hydrogen) atoms. The lowest BCUT2D eigenvalue weighted by Gasteiger charge is -2.08. The van der Waals surface area contributed by atoms with E-state index >= 15 is 0 Å². The van der Waals surface area contributed by atoms with Crippen molar-refractivity contribution in [3.63, 3.8) is 0 Å². The molecule has 0 atom stereocenters. The van der Waals surface area contributed by atoms with Crippen molar-refractivity contribution in [3.8, 4) is 17.0 Å². The van der Waals surface area contributed by atoms with Gasteiger partial charge in [-0.15, -0.1) is 0 Å². The van der Waals surface area contributed by atoms with Gasteiger partial charge in [0.1, 0.15) is 11.4 Å². The van der Waals surface area contributed by atoms with Crippen molar-refractivity contribution in [2.75, 3.05) is 19.4 Å². The molecule has 1 amide bonds. The fraction of sp³-hybridized carbons (Fsp3) is 0.294. The van der Waals surface area contributed by atoms with Crippen LogP contribution in [-0.4, -0.2) is 43.9 Å². The zero-order chi connectivity index (χ0) is 18.4. The van der Waals surface area contributed by atoms with E-state index < -0.39 is 9.84 Å². The summed E-state index contributed by atoms with van der Waals surface area (Å²) in [5.74, 6) is 0.339. The van der Waals surface area contributed by atoms with Crippen molar-refractivity contribution in [1.29, 1.82) is 0 Å². The lowest BCUT2D eigenvalue weighted by Crippen LogP contribution is -2.24. The molecule has 0 unspecified atom stereocenters. The van der Waals surface area contributed by atoms with Crippen molar-refractivity contribution in [2.24, 2.45) is 0 Å². The number of amides is 1. The lowest BCUT2D eigenvalue weighted by molar-refractivity contribution is 0.0952. The number of aromatic amines is 1. The van der Waals surface area contributed by atoms with Crippen molar-refractivity contribution in [3.05, 3.63) is 47.0 Å². The number of nitrogens with zero attached hydrogens (tertiary/aromatic N) is 1. The summed E-state index contributed by atoms with van der Waals surface area (Å²) in [6.45, 7) is 4.33. The summed E-state index contributed by atoms with van der Waals surface area (Å²) < 4.78 is 27.6. The standard InChI is InChI=1S/C17H21N3O4S/c1-4-24-14-9-6-5-8-13(14)15-12(2)16(20-19-15)17(21)18-10-7-11-25(3,22)23/h5-9,11H,4,10H2,1-3H3,(H,18,21)(H,19,20)/b11-7+. The summed E-state index contributed by atoms with van der Waals surface area (Å²) in [5, 5.41) is 10.7. The molecule has 134 valence electrons. The number of hydrogen-bond acceptors (Lipinski definition) is 5. The molecule has 0 aliphatic heterocycles. The number of nitrogens with one attached hydrogen (secondary N) is 2. The second-order valence-corrected chi connectivity index (χ2v) is 7.34. The SMILES string of the molecule is CCOc1ccccc1-c1n[nH]c(C(=O)NC/C=C/S(C)(=O)=O)c1C. The number of benzene rings is 1. The second kappa shape index (κ2) is 7.98. The molecule has 2 rings (SSSR count). The Labute approximate surface area is 147 Å². The molecule has 0 fully saturated rings. The van der Waals surface area contributed by atoms with Crippen LogP contribution in [-0.2, 0) is 9.84 Å². The molecule has 0 aliphatic carbocycles. The second-order valence-electron chi connectivity index (χ2n) is 5.41. The van der Waals surface area contributed by atoms with Gasteiger partial charge in [0.15, 0.2) is 9.84 Å².